The van der Waals surface area contributed by atoms with Gasteiger partial charge in [0, 0.05) is 30.0 Å². The maximum absolute atomic E-state index is 12.3. The van der Waals surface area contributed by atoms with E-state index in [4.69, 9.17) is 0 Å². The third kappa shape index (κ3) is 4.91. The van der Waals surface area contributed by atoms with Gasteiger partial charge >= 0.3 is 0 Å². The highest BCUT2D eigenvalue weighted by Crippen LogP contribution is 2.23. The Balaban J connectivity index is 1.20. The largest absolute Gasteiger partial charge is 0.508 e. The standard InChI is InChI=1S/C23H28N4O3/c28-21-9-7-19(8-10-21)26-16-14-25(15-17-26)13-11-22(29)24-18-3-5-20(6-4-18)27-12-1-2-23(27)30/h3-10,28H,1-2,11-17H2,(H,24,29)/p+1. The molecule has 0 spiro atoms. The van der Waals surface area contributed by atoms with E-state index < -0.39 is 0 Å². The lowest BCUT2D eigenvalue weighted by Gasteiger charge is -2.33. The summed E-state index contributed by atoms with van der Waals surface area (Å²) >= 11 is 0. The van der Waals surface area contributed by atoms with Gasteiger partial charge in [-0.2, -0.15) is 0 Å². The van der Waals surface area contributed by atoms with Crippen LogP contribution in [0.5, 0.6) is 5.75 Å². The predicted molar refractivity (Wildman–Crippen MR) is 117 cm³/mol. The van der Waals surface area contributed by atoms with Crippen LogP contribution >= 0.6 is 0 Å². The average Bonchev–Trinajstić information content (AvgIpc) is 3.20. The van der Waals surface area contributed by atoms with Crippen molar-refractivity contribution in [1.29, 1.82) is 0 Å². The molecule has 7 heteroatoms. The van der Waals surface area contributed by atoms with E-state index in [9.17, 15) is 14.7 Å². The summed E-state index contributed by atoms with van der Waals surface area (Å²) in [6, 6.07) is 14.8. The molecule has 2 amide bonds. The third-order valence-electron chi connectivity index (χ3n) is 5.93. The average molecular weight is 410 g/mol. The number of quaternary nitrogens is 1. The smallest absolute Gasteiger partial charge is 0.230 e. The number of hydrogen-bond donors (Lipinski definition) is 3. The second-order valence-corrected chi connectivity index (χ2v) is 8.00. The number of rotatable bonds is 6. The number of phenols is 1. The van der Waals surface area contributed by atoms with Gasteiger partial charge in [0.25, 0.3) is 0 Å². The summed E-state index contributed by atoms with van der Waals surface area (Å²) in [5.41, 5.74) is 2.79. The van der Waals surface area contributed by atoms with E-state index in [2.05, 4.69) is 10.2 Å². The van der Waals surface area contributed by atoms with Crippen LogP contribution < -0.4 is 20.0 Å². The molecule has 2 aromatic carbocycles. The van der Waals surface area contributed by atoms with Gasteiger partial charge in [0.1, 0.15) is 5.75 Å². The molecule has 2 aliphatic rings. The van der Waals surface area contributed by atoms with Crippen molar-refractivity contribution in [3.8, 4) is 5.75 Å². The summed E-state index contributed by atoms with van der Waals surface area (Å²) in [5, 5.41) is 12.4. The number of anilines is 3. The highest BCUT2D eigenvalue weighted by molar-refractivity contribution is 5.96. The number of nitrogens with zero attached hydrogens (tertiary/aromatic N) is 2. The van der Waals surface area contributed by atoms with Gasteiger partial charge < -0.3 is 25.1 Å². The molecule has 2 saturated heterocycles. The lowest BCUT2D eigenvalue weighted by Crippen LogP contribution is -3.15. The van der Waals surface area contributed by atoms with Crippen LogP contribution in [-0.4, -0.2) is 56.2 Å². The Hall–Kier alpha value is -3.06. The van der Waals surface area contributed by atoms with Crippen LogP contribution in [0.2, 0.25) is 0 Å². The van der Waals surface area contributed by atoms with Crippen LogP contribution in [-0.2, 0) is 9.59 Å². The topological polar surface area (TPSA) is 77.3 Å². The number of carbonyl (C=O) groups is 2. The molecule has 158 valence electrons. The Morgan fingerprint density at radius 3 is 2.27 bits per heavy atom. The fourth-order valence-corrected chi connectivity index (χ4v) is 4.15. The Morgan fingerprint density at radius 1 is 0.967 bits per heavy atom. The Kier molecular flexibility index (Phi) is 6.18. The molecule has 0 aromatic heterocycles. The highest BCUT2D eigenvalue weighted by Gasteiger charge is 2.22. The molecule has 0 aliphatic carbocycles. The van der Waals surface area contributed by atoms with Gasteiger partial charge in [0.15, 0.2) is 0 Å². The number of phenolic OH excluding ortho intramolecular Hbond substituents is 1. The molecule has 2 heterocycles. The summed E-state index contributed by atoms with van der Waals surface area (Å²) in [6.07, 6.45) is 2.01. The lowest BCUT2D eigenvalue weighted by molar-refractivity contribution is -0.900. The van der Waals surface area contributed by atoms with Crippen LogP contribution in [0.1, 0.15) is 19.3 Å². The van der Waals surface area contributed by atoms with Crippen molar-refractivity contribution in [2.45, 2.75) is 19.3 Å². The zero-order chi connectivity index (χ0) is 20.9. The van der Waals surface area contributed by atoms with Crippen molar-refractivity contribution in [3.63, 3.8) is 0 Å². The SMILES string of the molecule is O=C(CC[NH+]1CCN(c2ccc(O)cc2)CC1)Nc1ccc(N2CCCC2=O)cc1. The molecule has 0 saturated carbocycles. The Labute approximate surface area is 176 Å². The molecular formula is C23H29N4O3+. The first-order valence-electron chi connectivity index (χ1n) is 10.7. The maximum Gasteiger partial charge on any atom is 0.230 e. The minimum Gasteiger partial charge on any atom is -0.508 e. The van der Waals surface area contributed by atoms with Crippen molar-refractivity contribution in [1.82, 2.24) is 0 Å². The number of hydrogen-bond acceptors (Lipinski definition) is 4. The zero-order valence-corrected chi connectivity index (χ0v) is 17.1. The number of carbonyl (C=O) groups excluding carboxylic acids is 2. The zero-order valence-electron chi connectivity index (χ0n) is 17.1. The van der Waals surface area contributed by atoms with E-state index >= 15 is 0 Å². The van der Waals surface area contributed by atoms with Gasteiger partial charge in [-0.1, -0.05) is 0 Å². The molecule has 4 rings (SSSR count). The Morgan fingerprint density at radius 2 is 1.63 bits per heavy atom. The number of piperazine rings is 1. The quantitative estimate of drug-likeness (QED) is 0.671. The van der Waals surface area contributed by atoms with E-state index in [1.807, 2.05) is 36.4 Å². The van der Waals surface area contributed by atoms with E-state index in [0.29, 0.717) is 12.8 Å². The number of amides is 2. The second-order valence-electron chi connectivity index (χ2n) is 8.00. The summed E-state index contributed by atoms with van der Waals surface area (Å²) in [7, 11) is 0. The van der Waals surface area contributed by atoms with Crippen LogP contribution in [0.15, 0.2) is 48.5 Å². The number of aromatic hydroxyl groups is 1. The molecule has 0 unspecified atom stereocenters. The van der Waals surface area contributed by atoms with Gasteiger partial charge in [-0.15, -0.1) is 0 Å². The van der Waals surface area contributed by atoms with Crippen molar-refractivity contribution in [2.75, 3.05) is 54.4 Å². The molecule has 30 heavy (non-hydrogen) atoms. The highest BCUT2D eigenvalue weighted by atomic mass is 16.3. The first kappa shape index (κ1) is 20.2. The van der Waals surface area contributed by atoms with Gasteiger partial charge in [-0.05, 0) is 55.0 Å². The molecule has 0 bridgehead atoms. The van der Waals surface area contributed by atoms with Crippen LogP contribution in [0.25, 0.3) is 0 Å². The number of benzene rings is 2. The monoisotopic (exact) mass is 409 g/mol. The minimum atomic E-state index is 0.0217. The van der Waals surface area contributed by atoms with Crippen LogP contribution in [0, 0.1) is 0 Å². The fraction of sp³-hybridized carbons (Fsp3) is 0.391. The van der Waals surface area contributed by atoms with E-state index in [-0.39, 0.29) is 17.6 Å². The first-order valence-corrected chi connectivity index (χ1v) is 10.7. The number of nitrogens with one attached hydrogen (secondary N) is 2. The third-order valence-corrected chi connectivity index (χ3v) is 5.93. The molecule has 3 N–H and O–H groups in total. The molecule has 0 radical (unpaired) electrons. The lowest BCUT2D eigenvalue weighted by atomic mass is 10.2. The van der Waals surface area contributed by atoms with Gasteiger partial charge in [-0.25, -0.2) is 0 Å². The normalized spacial score (nSPS) is 17.4. The van der Waals surface area contributed by atoms with Crippen molar-refractivity contribution < 1.29 is 19.6 Å². The molecule has 2 aromatic rings. The molecular weight excluding hydrogens is 380 g/mol. The van der Waals surface area contributed by atoms with Crippen molar-refractivity contribution in [2.24, 2.45) is 0 Å². The molecule has 7 nitrogen and oxygen atoms in total. The van der Waals surface area contributed by atoms with Crippen LogP contribution in [0.3, 0.4) is 0 Å². The van der Waals surface area contributed by atoms with Gasteiger partial charge in [0.05, 0.1) is 39.1 Å². The van der Waals surface area contributed by atoms with Crippen LogP contribution in [0.4, 0.5) is 17.1 Å². The van der Waals surface area contributed by atoms with Crippen molar-refractivity contribution >= 4 is 28.9 Å². The van der Waals surface area contributed by atoms with Crippen molar-refractivity contribution in [3.05, 3.63) is 48.5 Å². The van der Waals surface area contributed by atoms with Gasteiger partial charge in [-0.3, -0.25) is 9.59 Å². The molecule has 2 aliphatic heterocycles. The summed E-state index contributed by atoms with van der Waals surface area (Å²) < 4.78 is 0. The molecule has 0 atom stereocenters. The summed E-state index contributed by atoms with van der Waals surface area (Å²) in [6.45, 7) is 5.46. The van der Waals surface area contributed by atoms with E-state index in [0.717, 1.165) is 62.8 Å². The van der Waals surface area contributed by atoms with E-state index in [1.165, 1.54) is 4.90 Å². The first-order chi connectivity index (χ1) is 14.6. The Bertz CT molecular complexity index is 874. The summed E-state index contributed by atoms with van der Waals surface area (Å²) in [4.78, 5) is 29.7. The maximum atomic E-state index is 12.3. The molecule has 2 fully saturated rings. The minimum absolute atomic E-state index is 0.0217. The summed E-state index contributed by atoms with van der Waals surface area (Å²) in [5.74, 6) is 0.474. The predicted octanol–water partition coefficient (Wildman–Crippen LogP) is 1.25. The van der Waals surface area contributed by atoms with E-state index in [1.54, 1.807) is 17.0 Å². The van der Waals surface area contributed by atoms with Gasteiger partial charge in [0.2, 0.25) is 11.8 Å². The second kappa shape index (κ2) is 9.17. The fourth-order valence-electron chi connectivity index (χ4n) is 4.15.